The third kappa shape index (κ3) is 6.09. The van der Waals surface area contributed by atoms with Gasteiger partial charge in [0.2, 0.25) is 0 Å². The number of amides is 1. The van der Waals surface area contributed by atoms with Gasteiger partial charge in [-0.2, -0.15) is 0 Å². The van der Waals surface area contributed by atoms with Gasteiger partial charge in [0.15, 0.2) is 0 Å². The maximum atomic E-state index is 13.3. The van der Waals surface area contributed by atoms with Crippen molar-refractivity contribution in [1.82, 2.24) is 4.90 Å². The molecule has 112 valence electrons. The van der Waals surface area contributed by atoms with E-state index in [-0.39, 0.29) is 18.2 Å². The molecule has 0 aliphatic carbocycles. The minimum atomic E-state index is -0.579. The van der Waals surface area contributed by atoms with Crippen LogP contribution in [0.5, 0.6) is 0 Å². The van der Waals surface area contributed by atoms with Crippen molar-refractivity contribution in [2.24, 2.45) is 0 Å². The molecule has 20 heavy (non-hydrogen) atoms. The second kappa shape index (κ2) is 7.27. The topological polar surface area (TPSA) is 29.5 Å². The van der Waals surface area contributed by atoms with Crippen LogP contribution in [-0.4, -0.2) is 29.0 Å². The Hall–Kier alpha value is -0.810. The van der Waals surface area contributed by atoms with Crippen LogP contribution in [0, 0.1) is 5.82 Å². The summed E-state index contributed by atoms with van der Waals surface area (Å²) in [4.78, 5) is 13.5. The summed E-state index contributed by atoms with van der Waals surface area (Å²) >= 11 is 8.93. The van der Waals surface area contributed by atoms with E-state index in [4.69, 9.17) is 16.3 Å². The molecule has 0 aliphatic rings. The van der Waals surface area contributed by atoms with Gasteiger partial charge < -0.3 is 9.64 Å². The van der Waals surface area contributed by atoms with Crippen LogP contribution in [0.15, 0.2) is 22.7 Å². The molecule has 0 aliphatic heterocycles. The fraction of sp³-hybridized carbons (Fsp3) is 0.500. The number of rotatable bonds is 4. The first-order valence-electron chi connectivity index (χ1n) is 6.20. The minimum absolute atomic E-state index is 0.248. The highest BCUT2D eigenvalue weighted by Gasteiger charge is 2.22. The van der Waals surface area contributed by atoms with Crippen LogP contribution in [0.1, 0.15) is 26.3 Å². The van der Waals surface area contributed by atoms with E-state index >= 15 is 0 Å². The van der Waals surface area contributed by atoms with E-state index in [9.17, 15) is 9.18 Å². The maximum Gasteiger partial charge on any atom is 0.410 e. The number of carbonyl (C=O) groups excluding carboxylic acids is 1. The summed E-state index contributed by atoms with van der Waals surface area (Å²) in [5.74, 6) is -0.0696. The predicted molar refractivity (Wildman–Crippen MR) is 81.5 cm³/mol. The van der Waals surface area contributed by atoms with Crippen molar-refractivity contribution in [2.45, 2.75) is 32.9 Å². The van der Waals surface area contributed by atoms with Gasteiger partial charge in [-0.15, -0.1) is 11.6 Å². The highest BCUT2D eigenvalue weighted by atomic mass is 79.9. The molecule has 3 nitrogen and oxygen atoms in total. The fourth-order valence-electron chi connectivity index (χ4n) is 1.59. The van der Waals surface area contributed by atoms with Crippen LogP contribution in [0.2, 0.25) is 0 Å². The normalized spacial score (nSPS) is 11.3. The van der Waals surface area contributed by atoms with E-state index in [2.05, 4.69) is 15.9 Å². The van der Waals surface area contributed by atoms with Gasteiger partial charge in [0.1, 0.15) is 11.4 Å². The van der Waals surface area contributed by atoms with Crippen LogP contribution >= 0.6 is 27.5 Å². The molecule has 0 saturated heterocycles. The first-order chi connectivity index (χ1) is 9.21. The van der Waals surface area contributed by atoms with Crippen molar-refractivity contribution < 1.29 is 13.9 Å². The number of hydrogen-bond donors (Lipinski definition) is 0. The van der Waals surface area contributed by atoms with Crippen molar-refractivity contribution in [3.8, 4) is 0 Å². The number of carbonyl (C=O) groups is 1. The summed E-state index contributed by atoms with van der Waals surface area (Å²) in [6, 6.07) is 4.51. The van der Waals surface area contributed by atoms with Crippen molar-refractivity contribution >= 4 is 33.6 Å². The van der Waals surface area contributed by atoms with E-state index in [1.165, 1.54) is 17.0 Å². The lowest BCUT2D eigenvalue weighted by atomic mass is 10.2. The molecule has 0 N–H and O–H groups in total. The van der Waals surface area contributed by atoms with Gasteiger partial charge in [-0.3, -0.25) is 0 Å². The van der Waals surface area contributed by atoms with Gasteiger partial charge >= 0.3 is 6.09 Å². The standard InChI is InChI=1S/C14H18BrClFNO2/c1-14(2,3)20-13(19)18(5-4-16)9-10-6-11(15)8-12(17)7-10/h6-8H,4-5,9H2,1-3H3. The number of nitrogens with zero attached hydrogens (tertiary/aromatic N) is 1. The van der Waals surface area contributed by atoms with Crippen LogP contribution in [-0.2, 0) is 11.3 Å². The molecule has 0 atom stereocenters. The van der Waals surface area contributed by atoms with Crippen LogP contribution < -0.4 is 0 Å². The largest absolute Gasteiger partial charge is 0.444 e. The Bertz CT molecular complexity index is 456. The summed E-state index contributed by atoms with van der Waals surface area (Å²) in [6.07, 6.45) is -0.460. The van der Waals surface area contributed by atoms with Gasteiger partial charge in [-0.1, -0.05) is 15.9 Å². The Morgan fingerprint density at radius 3 is 2.55 bits per heavy atom. The zero-order valence-electron chi connectivity index (χ0n) is 11.8. The minimum Gasteiger partial charge on any atom is -0.444 e. The second-order valence-electron chi connectivity index (χ2n) is 5.37. The van der Waals surface area contributed by atoms with Crippen molar-refractivity contribution in [3.63, 3.8) is 0 Å². The molecular weight excluding hydrogens is 349 g/mol. The zero-order chi connectivity index (χ0) is 15.3. The van der Waals surface area contributed by atoms with E-state index in [0.29, 0.717) is 16.6 Å². The number of hydrogen-bond acceptors (Lipinski definition) is 2. The summed E-state index contributed by atoms with van der Waals surface area (Å²) in [5.41, 5.74) is 0.0947. The van der Waals surface area contributed by atoms with Gasteiger partial charge in [0.05, 0.1) is 0 Å². The molecule has 0 bridgehead atoms. The second-order valence-corrected chi connectivity index (χ2v) is 6.66. The quantitative estimate of drug-likeness (QED) is 0.731. The van der Waals surface area contributed by atoms with Crippen LogP contribution in [0.4, 0.5) is 9.18 Å². The average molecular weight is 367 g/mol. The van der Waals surface area contributed by atoms with Gasteiger partial charge in [-0.25, -0.2) is 9.18 Å². The van der Waals surface area contributed by atoms with E-state index < -0.39 is 11.7 Å². The monoisotopic (exact) mass is 365 g/mol. The summed E-state index contributed by atoms with van der Waals surface area (Å²) in [7, 11) is 0. The molecular formula is C14H18BrClFNO2. The number of halogens is 3. The van der Waals surface area contributed by atoms with E-state index in [0.717, 1.165) is 0 Å². The summed E-state index contributed by atoms with van der Waals surface area (Å²) in [6.45, 7) is 5.97. The molecule has 6 heteroatoms. The fourth-order valence-corrected chi connectivity index (χ4v) is 2.30. The number of alkyl halides is 1. The SMILES string of the molecule is CC(C)(C)OC(=O)N(CCCl)Cc1cc(F)cc(Br)c1. The Kier molecular flexibility index (Phi) is 6.27. The van der Waals surface area contributed by atoms with E-state index in [1.54, 1.807) is 26.8 Å². The molecule has 0 saturated carbocycles. The molecule has 0 unspecified atom stereocenters. The maximum absolute atomic E-state index is 13.3. The lowest BCUT2D eigenvalue weighted by Gasteiger charge is -2.27. The first kappa shape index (κ1) is 17.2. The molecule has 0 heterocycles. The predicted octanol–water partition coefficient (Wildman–Crippen LogP) is 4.56. The molecule has 0 spiro atoms. The summed E-state index contributed by atoms with van der Waals surface area (Å²) < 4.78 is 19.3. The van der Waals surface area contributed by atoms with E-state index in [1.807, 2.05) is 0 Å². The molecule has 1 aromatic rings. The number of ether oxygens (including phenoxy) is 1. The third-order valence-electron chi connectivity index (χ3n) is 2.30. The van der Waals surface area contributed by atoms with Gasteiger partial charge in [-0.05, 0) is 44.5 Å². The molecule has 1 rings (SSSR count). The lowest BCUT2D eigenvalue weighted by molar-refractivity contribution is 0.0245. The first-order valence-corrected chi connectivity index (χ1v) is 7.53. The zero-order valence-corrected chi connectivity index (χ0v) is 14.1. The lowest BCUT2D eigenvalue weighted by Crippen LogP contribution is -2.37. The Morgan fingerprint density at radius 2 is 2.05 bits per heavy atom. The van der Waals surface area contributed by atoms with Crippen LogP contribution in [0.25, 0.3) is 0 Å². The van der Waals surface area contributed by atoms with Crippen LogP contribution in [0.3, 0.4) is 0 Å². The van der Waals surface area contributed by atoms with Gasteiger partial charge in [0, 0.05) is 23.4 Å². The van der Waals surface area contributed by atoms with Gasteiger partial charge in [0.25, 0.3) is 0 Å². The molecule has 0 radical (unpaired) electrons. The molecule has 1 aromatic carbocycles. The van der Waals surface area contributed by atoms with Crippen molar-refractivity contribution in [3.05, 3.63) is 34.1 Å². The molecule has 0 fully saturated rings. The number of benzene rings is 1. The smallest absolute Gasteiger partial charge is 0.410 e. The molecule has 1 amide bonds. The highest BCUT2D eigenvalue weighted by molar-refractivity contribution is 9.10. The summed E-state index contributed by atoms with van der Waals surface area (Å²) in [5, 5.41) is 0. The Labute approximate surface area is 132 Å². The highest BCUT2D eigenvalue weighted by Crippen LogP contribution is 2.18. The Balaban J connectivity index is 2.83. The average Bonchev–Trinajstić information content (AvgIpc) is 2.24. The third-order valence-corrected chi connectivity index (χ3v) is 2.93. The Morgan fingerprint density at radius 1 is 1.40 bits per heavy atom. The molecule has 0 aromatic heterocycles. The van der Waals surface area contributed by atoms with Crippen molar-refractivity contribution in [1.29, 1.82) is 0 Å². The van der Waals surface area contributed by atoms with Crippen molar-refractivity contribution in [2.75, 3.05) is 12.4 Å².